The van der Waals surface area contributed by atoms with Crippen molar-refractivity contribution in [2.24, 2.45) is 0 Å². The predicted molar refractivity (Wildman–Crippen MR) is 42.8 cm³/mol. The Morgan fingerprint density at radius 1 is 1.56 bits per heavy atom. The number of rotatable bonds is 1. The van der Waals surface area contributed by atoms with Crippen LogP contribution < -0.4 is 0 Å². The van der Waals surface area contributed by atoms with E-state index in [-0.39, 0.29) is 0 Å². The zero-order chi connectivity index (χ0) is 7.11. The average molecular weight is 143 g/mol. The maximum Gasteiger partial charge on any atom is 0.0539 e. The van der Waals surface area contributed by atoms with Crippen LogP contribution in [0.4, 0.5) is 0 Å². The normalized spacial score (nSPS) is 7.89. The van der Waals surface area contributed by atoms with Gasteiger partial charge in [-0.1, -0.05) is 20.8 Å². The molecule has 1 nitrogen and oxygen atoms in total. The number of nitrogens with zero attached hydrogens (tertiary/aromatic N) is 1. The van der Waals surface area contributed by atoms with Crippen LogP contribution in [0.2, 0.25) is 0 Å². The van der Waals surface area contributed by atoms with Crippen molar-refractivity contribution in [3.63, 3.8) is 0 Å². The van der Waals surface area contributed by atoms with E-state index in [9.17, 15) is 0 Å². The molecule has 0 radical (unpaired) electrons. The molecule has 0 bridgehead atoms. The first-order valence-electron chi connectivity index (χ1n) is 3.32. The molecule has 0 spiro atoms. The number of hydrogen-bond acceptors (Lipinski definition) is 2. The Morgan fingerprint density at radius 2 is 2.22 bits per heavy atom. The van der Waals surface area contributed by atoms with E-state index in [1.54, 1.807) is 0 Å². The second-order valence-corrected chi connectivity index (χ2v) is 2.01. The lowest BCUT2D eigenvalue weighted by molar-refractivity contribution is 1.09. The summed E-state index contributed by atoms with van der Waals surface area (Å²) in [5.74, 6) is 0. The van der Waals surface area contributed by atoms with Crippen LogP contribution in [-0.4, -0.2) is 4.37 Å². The molecule has 0 aliphatic heterocycles. The summed E-state index contributed by atoms with van der Waals surface area (Å²) < 4.78 is 4.08. The molecule has 0 aliphatic rings. The Bertz CT molecular complexity index is 123. The van der Waals surface area contributed by atoms with E-state index in [1.807, 2.05) is 25.3 Å². The van der Waals surface area contributed by atoms with Crippen molar-refractivity contribution in [1.29, 1.82) is 0 Å². The van der Waals surface area contributed by atoms with Gasteiger partial charge in [-0.3, -0.25) is 0 Å². The zero-order valence-electron chi connectivity index (χ0n) is 6.22. The summed E-state index contributed by atoms with van der Waals surface area (Å²) >= 11 is 1.51. The van der Waals surface area contributed by atoms with Crippen molar-refractivity contribution in [2.75, 3.05) is 0 Å². The van der Waals surface area contributed by atoms with Crippen molar-refractivity contribution in [2.45, 2.75) is 27.2 Å². The van der Waals surface area contributed by atoms with Gasteiger partial charge in [0.05, 0.1) is 5.69 Å². The van der Waals surface area contributed by atoms with Gasteiger partial charge < -0.3 is 0 Å². The van der Waals surface area contributed by atoms with E-state index in [0.29, 0.717) is 0 Å². The summed E-state index contributed by atoms with van der Waals surface area (Å²) in [6.45, 7) is 6.11. The van der Waals surface area contributed by atoms with Gasteiger partial charge in [-0.25, -0.2) is 0 Å². The fraction of sp³-hybridized carbons (Fsp3) is 0.571. The molecule has 0 fully saturated rings. The van der Waals surface area contributed by atoms with Gasteiger partial charge in [-0.15, -0.1) is 0 Å². The molecule has 1 aromatic heterocycles. The van der Waals surface area contributed by atoms with E-state index in [1.165, 1.54) is 17.2 Å². The van der Waals surface area contributed by atoms with E-state index in [0.717, 1.165) is 6.42 Å². The van der Waals surface area contributed by atoms with Gasteiger partial charge in [-0.05, 0) is 24.0 Å². The predicted octanol–water partition coefficient (Wildman–Crippen LogP) is 2.73. The van der Waals surface area contributed by atoms with Crippen LogP contribution in [0.15, 0.2) is 11.4 Å². The standard InChI is InChI=1S/C5H7NS.C2H6/c1-2-5-3-4-7-6-5;1-2/h3-4H,2H2,1H3;1-2H3. The summed E-state index contributed by atoms with van der Waals surface area (Å²) in [5, 5.41) is 2.00. The summed E-state index contributed by atoms with van der Waals surface area (Å²) in [7, 11) is 0. The lowest BCUT2D eigenvalue weighted by Gasteiger charge is -1.77. The van der Waals surface area contributed by atoms with Crippen molar-refractivity contribution < 1.29 is 0 Å². The summed E-state index contributed by atoms with van der Waals surface area (Å²) in [4.78, 5) is 0. The molecule has 0 saturated carbocycles. The van der Waals surface area contributed by atoms with Crippen molar-refractivity contribution in [3.05, 3.63) is 17.1 Å². The van der Waals surface area contributed by atoms with Gasteiger partial charge in [0, 0.05) is 5.38 Å². The molecule has 0 saturated heterocycles. The Kier molecular flexibility index (Phi) is 5.52. The molecule has 2 heteroatoms. The van der Waals surface area contributed by atoms with Crippen LogP contribution in [0.25, 0.3) is 0 Å². The monoisotopic (exact) mass is 143 g/mol. The maximum absolute atomic E-state index is 4.08. The van der Waals surface area contributed by atoms with Gasteiger partial charge in [-0.2, -0.15) is 4.37 Å². The second kappa shape index (κ2) is 5.76. The summed E-state index contributed by atoms with van der Waals surface area (Å²) in [5.41, 5.74) is 1.20. The first-order valence-corrected chi connectivity index (χ1v) is 4.16. The lowest BCUT2D eigenvalue weighted by Crippen LogP contribution is -1.72. The Morgan fingerprint density at radius 3 is 2.44 bits per heavy atom. The van der Waals surface area contributed by atoms with Gasteiger partial charge in [0.2, 0.25) is 0 Å². The highest BCUT2D eigenvalue weighted by molar-refractivity contribution is 7.03. The van der Waals surface area contributed by atoms with Crippen LogP contribution in [0.1, 0.15) is 26.5 Å². The largest absolute Gasteiger partial charge is 0.198 e. The maximum atomic E-state index is 4.08. The Hall–Kier alpha value is -0.370. The first kappa shape index (κ1) is 8.63. The molecule has 52 valence electrons. The Labute approximate surface area is 60.9 Å². The van der Waals surface area contributed by atoms with Crippen LogP contribution in [0.3, 0.4) is 0 Å². The molecule has 0 atom stereocenters. The molecular weight excluding hydrogens is 130 g/mol. The number of hydrogen-bond donors (Lipinski definition) is 0. The van der Waals surface area contributed by atoms with Gasteiger partial charge >= 0.3 is 0 Å². The second-order valence-electron chi connectivity index (χ2n) is 1.34. The van der Waals surface area contributed by atoms with Gasteiger partial charge in [0.15, 0.2) is 0 Å². The third-order valence-electron chi connectivity index (χ3n) is 0.853. The first-order chi connectivity index (χ1) is 4.43. The third kappa shape index (κ3) is 3.25. The SMILES string of the molecule is CC.CCc1ccsn1. The quantitative estimate of drug-likeness (QED) is 0.589. The van der Waals surface area contributed by atoms with Crippen LogP contribution in [0, 0.1) is 0 Å². The topological polar surface area (TPSA) is 12.9 Å². The minimum absolute atomic E-state index is 1.06. The molecule has 0 amide bonds. The van der Waals surface area contributed by atoms with E-state index >= 15 is 0 Å². The van der Waals surface area contributed by atoms with Crippen molar-refractivity contribution >= 4 is 11.5 Å². The molecule has 1 aromatic rings. The van der Waals surface area contributed by atoms with E-state index < -0.39 is 0 Å². The minimum atomic E-state index is 1.06. The summed E-state index contributed by atoms with van der Waals surface area (Å²) in [6.07, 6.45) is 1.06. The highest BCUT2D eigenvalue weighted by atomic mass is 32.1. The van der Waals surface area contributed by atoms with Crippen LogP contribution in [0.5, 0.6) is 0 Å². The minimum Gasteiger partial charge on any atom is -0.198 e. The molecule has 0 unspecified atom stereocenters. The van der Waals surface area contributed by atoms with Crippen molar-refractivity contribution in [1.82, 2.24) is 4.37 Å². The fourth-order valence-corrected chi connectivity index (χ4v) is 1.02. The lowest BCUT2D eigenvalue weighted by atomic mass is 10.4. The molecule has 1 heterocycles. The highest BCUT2D eigenvalue weighted by Gasteiger charge is 1.84. The zero-order valence-corrected chi connectivity index (χ0v) is 7.03. The van der Waals surface area contributed by atoms with Crippen LogP contribution >= 0.6 is 11.5 Å². The smallest absolute Gasteiger partial charge is 0.0539 e. The van der Waals surface area contributed by atoms with Crippen LogP contribution in [-0.2, 0) is 6.42 Å². The summed E-state index contributed by atoms with van der Waals surface area (Å²) in [6, 6.07) is 2.05. The van der Waals surface area contributed by atoms with Gasteiger partial charge in [0.1, 0.15) is 0 Å². The van der Waals surface area contributed by atoms with Crippen molar-refractivity contribution in [3.8, 4) is 0 Å². The molecular formula is C7H13NS. The molecule has 0 N–H and O–H groups in total. The molecule has 0 aromatic carbocycles. The average Bonchev–Trinajstić information content (AvgIpc) is 2.43. The number of aromatic nitrogens is 1. The molecule has 1 rings (SSSR count). The van der Waals surface area contributed by atoms with E-state index in [4.69, 9.17) is 0 Å². The fourth-order valence-electron chi connectivity index (χ4n) is 0.420. The Balaban J connectivity index is 0.000000291. The molecule has 9 heavy (non-hydrogen) atoms. The third-order valence-corrected chi connectivity index (χ3v) is 1.45. The van der Waals surface area contributed by atoms with E-state index in [2.05, 4.69) is 11.3 Å². The highest BCUT2D eigenvalue weighted by Crippen LogP contribution is 1.98. The van der Waals surface area contributed by atoms with Gasteiger partial charge in [0.25, 0.3) is 0 Å². The molecule has 0 aliphatic carbocycles. The number of aryl methyl sites for hydroxylation is 1.